The second-order valence-electron chi connectivity index (χ2n) is 7.25. The maximum Gasteiger partial charge on any atom is 0.220 e. The normalized spacial score (nSPS) is 19.2. The first-order valence-electron chi connectivity index (χ1n) is 7.66. The van der Waals surface area contributed by atoms with Gasteiger partial charge in [0.2, 0.25) is 6.54 Å². The molecule has 0 amide bonds. The fourth-order valence-electron chi connectivity index (χ4n) is 3.28. The summed E-state index contributed by atoms with van der Waals surface area (Å²) >= 11 is 5.93. The zero-order chi connectivity index (χ0) is 15.5. The van der Waals surface area contributed by atoms with Crippen LogP contribution >= 0.6 is 11.6 Å². The molecule has 114 valence electrons. The van der Waals surface area contributed by atoms with Crippen LogP contribution in [0.5, 0.6) is 0 Å². The number of piperidine rings is 1. The van der Waals surface area contributed by atoms with Gasteiger partial charge in [-0.1, -0.05) is 44.5 Å². The number of hydrogen-bond acceptors (Lipinski definition) is 1. The average molecular weight is 305 g/mol. The van der Waals surface area contributed by atoms with Crippen molar-refractivity contribution in [3.05, 3.63) is 46.3 Å². The standard InChI is InChI=1S/C18H25ClN2/c1-17(2,3)18(14-20-4)9-11-21(12-10-18)13-15-5-7-16(19)8-6-15/h5-8H,9-14H2,1-3H3. The molecule has 1 aliphatic rings. The van der Waals surface area contributed by atoms with Gasteiger partial charge in [-0.15, -0.1) is 0 Å². The van der Waals surface area contributed by atoms with Gasteiger partial charge in [0.05, 0.1) is 0 Å². The molecule has 1 fully saturated rings. The fraction of sp³-hybridized carbons (Fsp3) is 0.611. The Balaban J connectivity index is 1.99. The molecule has 0 aromatic heterocycles. The lowest BCUT2D eigenvalue weighted by molar-refractivity contribution is 0.0173. The Kier molecular flexibility index (Phi) is 4.96. The van der Waals surface area contributed by atoms with E-state index in [0.717, 1.165) is 37.5 Å². The third kappa shape index (κ3) is 3.78. The molecule has 3 heteroatoms. The first-order valence-corrected chi connectivity index (χ1v) is 8.04. The molecule has 1 heterocycles. The van der Waals surface area contributed by atoms with Gasteiger partial charge in [0.25, 0.3) is 0 Å². The minimum atomic E-state index is 0.172. The van der Waals surface area contributed by atoms with Crippen LogP contribution in [0.3, 0.4) is 0 Å². The van der Waals surface area contributed by atoms with Gasteiger partial charge in [-0.25, -0.2) is 6.57 Å². The van der Waals surface area contributed by atoms with E-state index < -0.39 is 0 Å². The molecule has 0 spiro atoms. The molecule has 1 aromatic carbocycles. The van der Waals surface area contributed by atoms with E-state index in [1.807, 2.05) is 12.1 Å². The minimum Gasteiger partial charge on any atom is -0.316 e. The van der Waals surface area contributed by atoms with Crippen molar-refractivity contribution in [3.63, 3.8) is 0 Å². The molecule has 0 unspecified atom stereocenters. The zero-order valence-electron chi connectivity index (χ0n) is 13.3. The Morgan fingerprint density at radius 3 is 2.24 bits per heavy atom. The highest BCUT2D eigenvalue weighted by atomic mass is 35.5. The van der Waals surface area contributed by atoms with Crippen molar-refractivity contribution in [1.29, 1.82) is 0 Å². The van der Waals surface area contributed by atoms with E-state index in [1.54, 1.807) is 0 Å². The summed E-state index contributed by atoms with van der Waals surface area (Å²) in [6.07, 6.45) is 2.24. The molecule has 0 saturated carbocycles. The highest BCUT2D eigenvalue weighted by Crippen LogP contribution is 2.47. The van der Waals surface area contributed by atoms with E-state index in [-0.39, 0.29) is 10.8 Å². The van der Waals surface area contributed by atoms with Crippen molar-refractivity contribution < 1.29 is 0 Å². The summed E-state index contributed by atoms with van der Waals surface area (Å²) in [4.78, 5) is 6.23. The lowest BCUT2D eigenvalue weighted by Gasteiger charge is -2.46. The van der Waals surface area contributed by atoms with Crippen LogP contribution in [-0.4, -0.2) is 24.5 Å². The SMILES string of the molecule is [C-]#[N+]CC1(C(C)(C)C)CCN(Cc2ccc(Cl)cc2)CC1. The maximum atomic E-state index is 7.29. The second kappa shape index (κ2) is 6.38. The average Bonchev–Trinajstić information content (AvgIpc) is 2.43. The first-order chi connectivity index (χ1) is 9.86. The van der Waals surface area contributed by atoms with Crippen LogP contribution in [0.25, 0.3) is 4.85 Å². The first kappa shape index (κ1) is 16.3. The molecule has 0 bridgehead atoms. The predicted molar refractivity (Wildman–Crippen MR) is 89.3 cm³/mol. The van der Waals surface area contributed by atoms with Crippen LogP contribution in [0.1, 0.15) is 39.2 Å². The molecule has 21 heavy (non-hydrogen) atoms. The van der Waals surface area contributed by atoms with Crippen molar-refractivity contribution >= 4 is 11.6 Å². The number of halogens is 1. The molecule has 1 aromatic rings. The molecule has 0 radical (unpaired) electrons. The summed E-state index contributed by atoms with van der Waals surface area (Å²) in [5.41, 5.74) is 1.68. The van der Waals surface area contributed by atoms with Crippen molar-refractivity contribution in [2.45, 2.75) is 40.2 Å². The van der Waals surface area contributed by atoms with Gasteiger partial charge in [0.1, 0.15) is 0 Å². The van der Waals surface area contributed by atoms with Gasteiger partial charge >= 0.3 is 0 Å². The molecular weight excluding hydrogens is 280 g/mol. The predicted octanol–water partition coefficient (Wildman–Crippen LogP) is 4.89. The van der Waals surface area contributed by atoms with E-state index in [0.29, 0.717) is 6.54 Å². The van der Waals surface area contributed by atoms with Crippen LogP contribution < -0.4 is 0 Å². The molecule has 0 atom stereocenters. The number of likely N-dealkylation sites (tertiary alicyclic amines) is 1. The van der Waals surface area contributed by atoms with Crippen LogP contribution in [0.2, 0.25) is 5.02 Å². The van der Waals surface area contributed by atoms with Crippen LogP contribution in [0, 0.1) is 17.4 Å². The highest BCUT2D eigenvalue weighted by Gasteiger charge is 2.46. The Bertz CT molecular complexity index is 500. The third-order valence-electron chi connectivity index (χ3n) is 5.11. The quantitative estimate of drug-likeness (QED) is 0.722. The number of benzene rings is 1. The van der Waals surface area contributed by atoms with E-state index in [2.05, 4.69) is 42.6 Å². The number of rotatable bonds is 3. The summed E-state index contributed by atoms with van der Waals surface area (Å²) in [7, 11) is 0. The van der Waals surface area contributed by atoms with E-state index in [1.165, 1.54) is 5.56 Å². The smallest absolute Gasteiger partial charge is 0.220 e. The van der Waals surface area contributed by atoms with Crippen LogP contribution in [-0.2, 0) is 6.54 Å². The monoisotopic (exact) mass is 304 g/mol. The van der Waals surface area contributed by atoms with Gasteiger partial charge in [0.15, 0.2) is 0 Å². The Morgan fingerprint density at radius 1 is 1.19 bits per heavy atom. The second-order valence-corrected chi connectivity index (χ2v) is 7.69. The molecule has 2 nitrogen and oxygen atoms in total. The van der Waals surface area contributed by atoms with Gasteiger partial charge < -0.3 is 4.85 Å². The van der Waals surface area contributed by atoms with Gasteiger partial charge in [-0.2, -0.15) is 0 Å². The molecule has 0 aliphatic carbocycles. The summed E-state index contributed by atoms with van der Waals surface area (Å²) in [6, 6.07) is 8.12. The van der Waals surface area contributed by atoms with E-state index >= 15 is 0 Å². The lowest BCUT2D eigenvalue weighted by Crippen LogP contribution is -2.47. The van der Waals surface area contributed by atoms with Gasteiger partial charge in [-0.3, -0.25) is 4.90 Å². The minimum absolute atomic E-state index is 0.172. The summed E-state index contributed by atoms with van der Waals surface area (Å²) < 4.78 is 0. The van der Waals surface area contributed by atoms with Gasteiger partial charge in [-0.05, 0) is 49.0 Å². The molecule has 2 rings (SSSR count). The Labute approximate surface area is 133 Å². The zero-order valence-corrected chi connectivity index (χ0v) is 14.1. The van der Waals surface area contributed by atoms with Crippen LogP contribution in [0.4, 0.5) is 0 Å². The van der Waals surface area contributed by atoms with Crippen molar-refractivity contribution in [2.75, 3.05) is 19.6 Å². The molecule has 1 aliphatic heterocycles. The summed E-state index contributed by atoms with van der Waals surface area (Å²) in [5.74, 6) is 0. The topological polar surface area (TPSA) is 7.60 Å². The van der Waals surface area contributed by atoms with Crippen LogP contribution in [0.15, 0.2) is 24.3 Å². The maximum absolute atomic E-state index is 7.29. The molecule has 0 N–H and O–H groups in total. The largest absolute Gasteiger partial charge is 0.316 e. The van der Waals surface area contributed by atoms with Crippen molar-refractivity contribution in [2.24, 2.45) is 10.8 Å². The number of hydrogen-bond donors (Lipinski definition) is 0. The van der Waals surface area contributed by atoms with Gasteiger partial charge in [0, 0.05) is 17.0 Å². The highest BCUT2D eigenvalue weighted by molar-refractivity contribution is 6.30. The third-order valence-corrected chi connectivity index (χ3v) is 5.36. The van der Waals surface area contributed by atoms with Crippen molar-refractivity contribution in [3.8, 4) is 0 Å². The molecular formula is C18H25ClN2. The fourth-order valence-corrected chi connectivity index (χ4v) is 3.41. The lowest BCUT2D eigenvalue weighted by atomic mass is 9.61. The summed E-state index contributed by atoms with van der Waals surface area (Å²) in [5, 5.41) is 0.793. The van der Waals surface area contributed by atoms with E-state index in [4.69, 9.17) is 18.2 Å². The van der Waals surface area contributed by atoms with Crippen molar-refractivity contribution in [1.82, 2.24) is 4.90 Å². The van der Waals surface area contributed by atoms with E-state index in [9.17, 15) is 0 Å². The summed E-state index contributed by atoms with van der Waals surface area (Å²) in [6.45, 7) is 17.9. The molecule has 1 saturated heterocycles. The number of nitrogens with zero attached hydrogens (tertiary/aromatic N) is 2. The Morgan fingerprint density at radius 2 is 1.76 bits per heavy atom. The Hall–Kier alpha value is -1.04.